The molecule has 10 heteroatoms. The number of likely N-dealkylation sites (tertiary alicyclic amines) is 1. The maximum atomic E-state index is 13.6. The lowest BCUT2D eigenvalue weighted by atomic mass is 9.85. The van der Waals surface area contributed by atoms with Gasteiger partial charge in [0, 0.05) is 31.2 Å². The third kappa shape index (κ3) is 3.09. The molecule has 3 heterocycles. The number of benzene rings is 1. The number of imide groups is 1. The molecule has 10 nitrogen and oxygen atoms in total. The summed E-state index contributed by atoms with van der Waals surface area (Å²) in [6.45, 7) is 9.54. The lowest BCUT2D eigenvalue weighted by Gasteiger charge is -2.41. The summed E-state index contributed by atoms with van der Waals surface area (Å²) in [6.07, 6.45) is 0.883. The number of fused-ring (bicyclic) bond motifs is 1. The van der Waals surface area contributed by atoms with E-state index in [9.17, 15) is 24.3 Å². The zero-order valence-electron chi connectivity index (χ0n) is 18.3. The second-order valence-electron chi connectivity index (χ2n) is 9.15. The Hall–Kier alpha value is -3.56. The Kier molecular flexibility index (Phi) is 4.91. The third-order valence-electron chi connectivity index (χ3n) is 6.17. The smallest absolute Gasteiger partial charge is 0.420 e. The maximum Gasteiger partial charge on any atom is 0.420 e. The number of aromatic nitrogens is 1. The van der Waals surface area contributed by atoms with E-state index in [2.05, 4.69) is 6.58 Å². The summed E-state index contributed by atoms with van der Waals surface area (Å²) in [5.41, 5.74) is -0.690. The molecule has 4 rings (SSSR count). The molecule has 1 aromatic carbocycles. The number of urea groups is 1. The lowest BCUT2D eigenvalue weighted by molar-refractivity contribution is -0.135. The fourth-order valence-corrected chi connectivity index (χ4v) is 4.62. The summed E-state index contributed by atoms with van der Waals surface area (Å²) in [4.78, 5) is 54.7. The Morgan fingerprint density at radius 2 is 1.88 bits per heavy atom. The zero-order chi connectivity index (χ0) is 23.4. The highest BCUT2D eigenvalue weighted by atomic mass is 16.4. The molecule has 1 aromatic heterocycles. The molecule has 0 aliphatic carbocycles. The van der Waals surface area contributed by atoms with E-state index in [-0.39, 0.29) is 38.4 Å². The van der Waals surface area contributed by atoms with E-state index < -0.39 is 29.0 Å². The zero-order valence-corrected chi connectivity index (χ0v) is 18.3. The van der Waals surface area contributed by atoms with Crippen LogP contribution in [0.1, 0.15) is 33.6 Å². The van der Waals surface area contributed by atoms with Crippen LogP contribution in [0.5, 0.6) is 0 Å². The molecule has 1 N–H and O–H groups in total. The number of amides is 4. The summed E-state index contributed by atoms with van der Waals surface area (Å²) in [6, 6.07) is 4.47. The Bertz CT molecular complexity index is 1180. The molecular formula is C22H26N4O6. The van der Waals surface area contributed by atoms with Crippen molar-refractivity contribution in [3.8, 4) is 0 Å². The fraction of sp³-hybridized carbons (Fsp3) is 0.455. The van der Waals surface area contributed by atoms with Crippen LogP contribution in [0.3, 0.4) is 0 Å². The second kappa shape index (κ2) is 7.25. The van der Waals surface area contributed by atoms with Crippen LogP contribution in [0.15, 0.2) is 40.1 Å². The average Bonchev–Trinajstić information content (AvgIpc) is 3.13. The van der Waals surface area contributed by atoms with Gasteiger partial charge < -0.3 is 14.4 Å². The summed E-state index contributed by atoms with van der Waals surface area (Å²) < 4.78 is 6.79. The van der Waals surface area contributed by atoms with Crippen molar-refractivity contribution in [1.29, 1.82) is 0 Å². The van der Waals surface area contributed by atoms with Crippen molar-refractivity contribution >= 4 is 34.8 Å². The van der Waals surface area contributed by atoms with Crippen molar-refractivity contribution in [3.05, 3.63) is 41.4 Å². The van der Waals surface area contributed by atoms with E-state index >= 15 is 0 Å². The van der Waals surface area contributed by atoms with Gasteiger partial charge in [0.1, 0.15) is 5.54 Å². The van der Waals surface area contributed by atoms with Gasteiger partial charge in [-0.05, 0) is 45.7 Å². The fourth-order valence-electron chi connectivity index (χ4n) is 4.62. The minimum atomic E-state index is -1.20. The van der Waals surface area contributed by atoms with Gasteiger partial charge in [-0.15, -0.1) is 6.58 Å². The Morgan fingerprint density at radius 1 is 1.22 bits per heavy atom. The lowest BCUT2D eigenvalue weighted by Crippen LogP contribution is -2.58. The normalized spacial score (nSPS) is 18.8. The van der Waals surface area contributed by atoms with E-state index in [1.54, 1.807) is 45.0 Å². The quantitative estimate of drug-likeness (QED) is 0.577. The monoisotopic (exact) mass is 442 g/mol. The topological polar surface area (TPSA) is 116 Å². The molecule has 2 aliphatic rings. The number of rotatable bonds is 3. The van der Waals surface area contributed by atoms with Gasteiger partial charge in [0.25, 0.3) is 5.91 Å². The Labute approximate surface area is 184 Å². The van der Waals surface area contributed by atoms with Crippen LogP contribution in [0.2, 0.25) is 0 Å². The molecule has 4 amide bonds. The predicted molar refractivity (Wildman–Crippen MR) is 117 cm³/mol. The summed E-state index contributed by atoms with van der Waals surface area (Å²) in [7, 11) is 0. The van der Waals surface area contributed by atoms with E-state index in [0.717, 1.165) is 0 Å². The first-order chi connectivity index (χ1) is 15.0. The molecule has 2 aliphatic heterocycles. The van der Waals surface area contributed by atoms with Gasteiger partial charge in [0.2, 0.25) is 0 Å². The third-order valence-corrected chi connectivity index (χ3v) is 6.17. The van der Waals surface area contributed by atoms with Crippen molar-refractivity contribution in [2.75, 3.05) is 18.0 Å². The molecule has 0 atom stereocenters. The van der Waals surface area contributed by atoms with Crippen LogP contribution < -0.4 is 10.7 Å². The van der Waals surface area contributed by atoms with E-state index in [4.69, 9.17) is 4.42 Å². The van der Waals surface area contributed by atoms with Gasteiger partial charge in [-0.1, -0.05) is 6.08 Å². The summed E-state index contributed by atoms with van der Waals surface area (Å²) >= 11 is 0. The minimum Gasteiger partial charge on any atom is -0.465 e. The molecule has 0 bridgehead atoms. The molecule has 32 heavy (non-hydrogen) atoms. The highest BCUT2D eigenvalue weighted by Crippen LogP contribution is 2.43. The van der Waals surface area contributed by atoms with Crippen molar-refractivity contribution in [2.45, 2.75) is 51.2 Å². The van der Waals surface area contributed by atoms with Crippen LogP contribution in [-0.4, -0.2) is 61.7 Å². The van der Waals surface area contributed by atoms with Gasteiger partial charge in [-0.2, -0.15) is 0 Å². The largest absolute Gasteiger partial charge is 0.465 e. The Morgan fingerprint density at radius 3 is 2.44 bits per heavy atom. The molecule has 0 radical (unpaired) electrons. The number of carboxylic acid groups (broad SMARTS) is 1. The van der Waals surface area contributed by atoms with Gasteiger partial charge in [-0.3, -0.25) is 19.2 Å². The van der Waals surface area contributed by atoms with Crippen LogP contribution in [-0.2, 0) is 11.3 Å². The standard InChI is InChI=1S/C22H26N4O6/c1-5-10-24-15-7-6-14(13-16(15)32-20(24)31)25-18(28)26(21(2,3)4)17(27)22(25)8-11-23(12-9-22)19(29)30/h5-7,13H,1,8-12H2,2-4H3,(H,29,30). The van der Waals surface area contributed by atoms with Gasteiger partial charge in [-0.25, -0.2) is 14.4 Å². The number of piperidine rings is 1. The summed E-state index contributed by atoms with van der Waals surface area (Å²) in [5, 5.41) is 9.34. The SMILES string of the molecule is C=CCn1c(=O)oc2cc(N3C(=O)N(C(C)(C)C)C(=O)C34CCN(C(=O)O)CC4)ccc21. The highest BCUT2D eigenvalue weighted by Gasteiger charge is 2.61. The first-order valence-electron chi connectivity index (χ1n) is 10.4. The average molecular weight is 442 g/mol. The number of oxazole rings is 1. The number of allylic oxidation sites excluding steroid dienone is 1. The van der Waals surface area contributed by atoms with Crippen LogP contribution in [0.4, 0.5) is 15.3 Å². The molecule has 0 saturated carbocycles. The van der Waals surface area contributed by atoms with Crippen molar-refractivity contribution in [3.63, 3.8) is 0 Å². The first kappa shape index (κ1) is 21.7. The van der Waals surface area contributed by atoms with Gasteiger partial charge in [0.15, 0.2) is 5.58 Å². The molecule has 2 saturated heterocycles. The van der Waals surface area contributed by atoms with Crippen LogP contribution in [0, 0.1) is 0 Å². The number of anilines is 1. The van der Waals surface area contributed by atoms with E-state index in [1.807, 2.05) is 0 Å². The molecule has 0 unspecified atom stereocenters. The van der Waals surface area contributed by atoms with Crippen molar-refractivity contribution in [2.24, 2.45) is 0 Å². The molecular weight excluding hydrogens is 416 g/mol. The van der Waals surface area contributed by atoms with Crippen LogP contribution in [0.25, 0.3) is 11.1 Å². The number of hydrogen-bond acceptors (Lipinski definition) is 5. The maximum absolute atomic E-state index is 13.6. The van der Waals surface area contributed by atoms with Crippen LogP contribution >= 0.6 is 0 Å². The predicted octanol–water partition coefficient (Wildman–Crippen LogP) is 2.86. The van der Waals surface area contributed by atoms with Gasteiger partial charge >= 0.3 is 17.9 Å². The van der Waals surface area contributed by atoms with E-state index in [0.29, 0.717) is 16.8 Å². The van der Waals surface area contributed by atoms with E-state index in [1.165, 1.54) is 19.3 Å². The Balaban J connectivity index is 1.83. The van der Waals surface area contributed by atoms with Crippen molar-refractivity contribution in [1.82, 2.24) is 14.4 Å². The molecule has 2 aromatic rings. The molecule has 2 fully saturated rings. The number of carbonyl (C=O) groups is 3. The molecule has 170 valence electrons. The summed E-state index contributed by atoms with van der Waals surface area (Å²) in [5.74, 6) is -0.882. The number of nitrogens with zero attached hydrogens (tertiary/aromatic N) is 4. The van der Waals surface area contributed by atoms with Gasteiger partial charge in [0.05, 0.1) is 11.2 Å². The number of hydrogen-bond donors (Lipinski definition) is 1. The van der Waals surface area contributed by atoms with Crippen molar-refractivity contribution < 1.29 is 23.9 Å². The minimum absolute atomic E-state index is 0.135. The molecule has 1 spiro atoms. The first-order valence-corrected chi connectivity index (χ1v) is 10.4. The number of carbonyl (C=O) groups excluding carboxylic acids is 2. The highest BCUT2D eigenvalue weighted by molar-refractivity contribution is 6.17. The second-order valence-corrected chi connectivity index (χ2v) is 9.15.